The van der Waals surface area contributed by atoms with E-state index in [1.807, 2.05) is 47.4 Å². The van der Waals surface area contributed by atoms with Crippen LogP contribution in [0.15, 0.2) is 53.4 Å². The highest BCUT2D eigenvalue weighted by Gasteiger charge is 2.33. The number of para-hydroxylation sites is 3. The van der Waals surface area contributed by atoms with Gasteiger partial charge in [-0.2, -0.15) is 0 Å². The van der Waals surface area contributed by atoms with E-state index in [1.54, 1.807) is 0 Å². The zero-order chi connectivity index (χ0) is 21.1. The maximum atomic E-state index is 13.2. The van der Waals surface area contributed by atoms with Crippen molar-refractivity contribution < 1.29 is 9.59 Å². The van der Waals surface area contributed by atoms with Crippen LogP contribution in [0.3, 0.4) is 0 Å². The van der Waals surface area contributed by atoms with Crippen molar-refractivity contribution in [2.24, 2.45) is 5.73 Å². The van der Waals surface area contributed by atoms with Gasteiger partial charge >= 0.3 is 6.03 Å². The Hall–Kier alpha value is -3.00. The van der Waals surface area contributed by atoms with Crippen LogP contribution in [0.2, 0.25) is 0 Å². The van der Waals surface area contributed by atoms with Gasteiger partial charge in [0.2, 0.25) is 5.91 Å². The molecule has 2 heterocycles. The fourth-order valence-electron chi connectivity index (χ4n) is 3.99. The summed E-state index contributed by atoms with van der Waals surface area (Å²) >= 11 is 1.32. The molecular weight excluding hydrogens is 398 g/mol. The van der Waals surface area contributed by atoms with Crippen molar-refractivity contribution in [3.8, 4) is 0 Å². The molecule has 3 N–H and O–H groups in total. The number of hydrogen-bond donors (Lipinski definition) is 2. The number of thioether (sulfide) groups is 1. The van der Waals surface area contributed by atoms with E-state index in [4.69, 9.17) is 10.7 Å². The predicted molar refractivity (Wildman–Crippen MR) is 119 cm³/mol. The number of aryl methyl sites for hydroxylation is 1. The van der Waals surface area contributed by atoms with Crippen LogP contribution in [0.4, 0.5) is 10.5 Å². The zero-order valence-corrected chi connectivity index (χ0v) is 17.7. The molecule has 1 saturated heterocycles. The summed E-state index contributed by atoms with van der Waals surface area (Å²) in [5.74, 6) is 0.710. The molecule has 3 amide bonds. The third-order valence-electron chi connectivity index (χ3n) is 5.31. The Kier molecular flexibility index (Phi) is 5.94. The highest BCUT2D eigenvalue weighted by molar-refractivity contribution is 8.00. The first-order chi connectivity index (χ1) is 14.6. The lowest BCUT2D eigenvalue weighted by Crippen LogP contribution is -2.35. The number of likely N-dealkylation sites (tertiary alicyclic amines) is 1. The van der Waals surface area contributed by atoms with Gasteiger partial charge in [-0.3, -0.25) is 4.79 Å². The zero-order valence-electron chi connectivity index (χ0n) is 16.9. The maximum Gasteiger partial charge on any atom is 0.322 e. The lowest BCUT2D eigenvalue weighted by Gasteiger charge is -2.25. The number of urea groups is 1. The normalized spacial score (nSPS) is 16.2. The Labute approximate surface area is 179 Å². The van der Waals surface area contributed by atoms with E-state index in [0.29, 0.717) is 12.2 Å². The number of aromatic nitrogens is 2. The molecule has 30 heavy (non-hydrogen) atoms. The SMILES string of the molecule is CCn1c(C2CCCN2C(=O)Nc2ccccc2SCC(N)=O)nc2ccccc21. The molecule has 0 saturated carbocycles. The molecule has 0 spiro atoms. The summed E-state index contributed by atoms with van der Waals surface area (Å²) < 4.78 is 2.20. The van der Waals surface area contributed by atoms with E-state index in [-0.39, 0.29) is 23.7 Å². The molecule has 0 radical (unpaired) electrons. The van der Waals surface area contributed by atoms with E-state index < -0.39 is 0 Å². The number of carbonyl (C=O) groups excluding carboxylic acids is 2. The molecule has 0 bridgehead atoms. The molecule has 1 unspecified atom stereocenters. The number of nitrogens with zero attached hydrogens (tertiary/aromatic N) is 3. The molecule has 156 valence electrons. The Morgan fingerprint density at radius 3 is 2.77 bits per heavy atom. The van der Waals surface area contributed by atoms with Crippen molar-refractivity contribution in [3.05, 3.63) is 54.4 Å². The second-order valence-electron chi connectivity index (χ2n) is 7.24. The fourth-order valence-corrected chi connectivity index (χ4v) is 4.74. The number of rotatable bonds is 6. The van der Waals surface area contributed by atoms with E-state index in [1.165, 1.54) is 11.8 Å². The number of nitrogens with two attached hydrogens (primary N) is 1. The van der Waals surface area contributed by atoms with Crippen LogP contribution in [-0.4, -0.2) is 38.7 Å². The summed E-state index contributed by atoms with van der Waals surface area (Å²) in [6.45, 7) is 3.58. The summed E-state index contributed by atoms with van der Waals surface area (Å²) in [6.07, 6.45) is 1.82. The minimum absolute atomic E-state index is 0.0669. The first kappa shape index (κ1) is 20.3. The molecule has 3 aromatic rings. The molecule has 7 nitrogen and oxygen atoms in total. The predicted octanol–water partition coefficient (Wildman–Crippen LogP) is 4.00. The van der Waals surface area contributed by atoms with Crippen LogP contribution in [0, 0.1) is 0 Å². The summed E-state index contributed by atoms with van der Waals surface area (Å²) in [5, 5.41) is 3.02. The van der Waals surface area contributed by atoms with E-state index in [9.17, 15) is 9.59 Å². The maximum absolute atomic E-state index is 13.2. The number of anilines is 1. The molecule has 0 aliphatic carbocycles. The van der Waals surface area contributed by atoms with E-state index in [2.05, 4.69) is 22.9 Å². The van der Waals surface area contributed by atoms with Crippen LogP contribution in [-0.2, 0) is 11.3 Å². The first-order valence-corrected chi connectivity index (χ1v) is 11.1. The number of benzene rings is 2. The van der Waals surface area contributed by atoms with Gasteiger partial charge in [-0.15, -0.1) is 11.8 Å². The third-order valence-corrected chi connectivity index (χ3v) is 6.41. The van der Waals surface area contributed by atoms with Crippen molar-refractivity contribution in [1.29, 1.82) is 0 Å². The smallest absolute Gasteiger partial charge is 0.322 e. The summed E-state index contributed by atoms with van der Waals surface area (Å²) in [4.78, 5) is 31.9. The number of hydrogen-bond acceptors (Lipinski definition) is 4. The number of fused-ring (bicyclic) bond motifs is 1. The van der Waals surface area contributed by atoms with Gasteiger partial charge in [0.1, 0.15) is 5.82 Å². The van der Waals surface area contributed by atoms with Crippen LogP contribution in [0.25, 0.3) is 11.0 Å². The first-order valence-electron chi connectivity index (χ1n) is 10.1. The summed E-state index contributed by atoms with van der Waals surface area (Å²) in [7, 11) is 0. The van der Waals surface area contributed by atoms with Crippen LogP contribution in [0.1, 0.15) is 31.6 Å². The largest absolute Gasteiger partial charge is 0.369 e. The van der Waals surface area contributed by atoms with Gasteiger partial charge in [-0.25, -0.2) is 9.78 Å². The number of nitrogens with one attached hydrogen (secondary N) is 1. The summed E-state index contributed by atoms with van der Waals surface area (Å²) in [6, 6.07) is 15.3. The Balaban J connectivity index is 1.58. The fraction of sp³-hybridized carbons (Fsp3) is 0.318. The molecule has 1 aliphatic rings. The monoisotopic (exact) mass is 423 g/mol. The van der Waals surface area contributed by atoms with Crippen molar-refractivity contribution in [2.75, 3.05) is 17.6 Å². The lowest BCUT2D eigenvalue weighted by atomic mass is 10.2. The number of amides is 3. The average Bonchev–Trinajstić information content (AvgIpc) is 3.37. The van der Waals surface area contributed by atoms with Gasteiger partial charge in [-0.05, 0) is 44.0 Å². The quantitative estimate of drug-likeness (QED) is 0.586. The lowest BCUT2D eigenvalue weighted by molar-refractivity contribution is -0.115. The Morgan fingerprint density at radius 2 is 1.97 bits per heavy atom. The third kappa shape index (κ3) is 4.00. The molecule has 8 heteroatoms. The van der Waals surface area contributed by atoms with E-state index >= 15 is 0 Å². The van der Waals surface area contributed by atoms with Crippen molar-refractivity contribution in [3.63, 3.8) is 0 Å². The molecular formula is C22H25N5O2S. The van der Waals surface area contributed by atoms with Gasteiger partial charge < -0.3 is 20.5 Å². The Morgan fingerprint density at radius 1 is 1.20 bits per heavy atom. The minimum atomic E-state index is -0.390. The van der Waals surface area contributed by atoms with Gasteiger partial charge in [0.15, 0.2) is 0 Å². The van der Waals surface area contributed by atoms with Crippen LogP contribution >= 0.6 is 11.8 Å². The van der Waals surface area contributed by atoms with Crippen molar-refractivity contribution in [2.45, 2.75) is 37.2 Å². The van der Waals surface area contributed by atoms with Gasteiger partial charge in [0, 0.05) is 18.0 Å². The molecule has 1 fully saturated rings. The van der Waals surface area contributed by atoms with E-state index in [0.717, 1.165) is 41.1 Å². The molecule has 1 aliphatic heterocycles. The van der Waals surface area contributed by atoms with Crippen LogP contribution < -0.4 is 11.1 Å². The molecule has 1 aromatic heterocycles. The van der Waals surface area contributed by atoms with Crippen molar-refractivity contribution >= 4 is 40.4 Å². The van der Waals surface area contributed by atoms with Gasteiger partial charge in [0.05, 0.1) is 28.5 Å². The van der Waals surface area contributed by atoms with Gasteiger partial charge in [0.25, 0.3) is 0 Å². The number of imidazole rings is 1. The standard InChI is InChI=1S/C22H25N5O2S/c1-2-26-17-10-5-3-8-15(17)24-21(26)18-11-7-13-27(18)22(29)25-16-9-4-6-12-19(16)30-14-20(23)28/h3-6,8-10,12,18H,2,7,11,13-14H2,1H3,(H2,23,28)(H,25,29). The van der Waals surface area contributed by atoms with Gasteiger partial charge in [-0.1, -0.05) is 24.3 Å². The summed E-state index contributed by atoms with van der Waals surface area (Å²) in [5.41, 5.74) is 8.00. The Bertz CT molecular complexity index is 1080. The minimum Gasteiger partial charge on any atom is -0.369 e. The topological polar surface area (TPSA) is 93.3 Å². The highest BCUT2D eigenvalue weighted by Crippen LogP contribution is 2.34. The highest BCUT2D eigenvalue weighted by atomic mass is 32.2. The molecule has 1 atom stereocenters. The second-order valence-corrected chi connectivity index (χ2v) is 8.25. The average molecular weight is 424 g/mol. The second kappa shape index (κ2) is 8.79. The van der Waals surface area contributed by atoms with Crippen molar-refractivity contribution in [1.82, 2.24) is 14.5 Å². The molecule has 4 rings (SSSR count). The molecule has 2 aromatic carbocycles. The number of carbonyl (C=O) groups is 2. The number of primary amides is 1. The van der Waals surface area contributed by atoms with Crippen LogP contribution in [0.5, 0.6) is 0 Å².